The van der Waals surface area contributed by atoms with Crippen LogP contribution in [0.1, 0.15) is 30.1 Å². The van der Waals surface area contributed by atoms with Crippen molar-refractivity contribution in [2.75, 3.05) is 25.5 Å². The highest BCUT2D eigenvalue weighted by molar-refractivity contribution is 5.97. The molecule has 1 aromatic heterocycles. The number of nitrogens with zero attached hydrogens (tertiary/aromatic N) is 3. The number of para-hydroxylation sites is 1. The standard InChI is InChI=1S/C23H26N4O4/c1-16(28)25-18-7-8-20-17(13-18)14-24-27(20)15-23(30)9-11-26(12-10-23)22(29)19-5-3-4-6-21(19)31-2/h3-8,13-14,30H,9-12,15H2,1-2H3,(H,25,28). The van der Waals surface area contributed by atoms with E-state index in [4.69, 9.17) is 4.74 Å². The topological polar surface area (TPSA) is 96.7 Å². The van der Waals surface area contributed by atoms with Crippen LogP contribution in [0.25, 0.3) is 10.9 Å². The van der Waals surface area contributed by atoms with Crippen molar-refractivity contribution in [2.45, 2.75) is 31.9 Å². The Labute approximate surface area is 180 Å². The number of aromatic nitrogens is 2. The summed E-state index contributed by atoms with van der Waals surface area (Å²) in [6.07, 6.45) is 2.64. The van der Waals surface area contributed by atoms with Gasteiger partial charge in [0.15, 0.2) is 0 Å². The van der Waals surface area contributed by atoms with Crippen LogP contribution in [0.5, 0.6) is 5.75 Å². The van der Waals surface area contributed by atoms with E-state index in [0.717, 1.165) is 10.9 Å². The van der Waals surface area contributed by atoms with Gasteiger partial charge >= 0.3 is 0 Å². The normalized spacial score (nSPS) is 15.6. The number of rotatable bonds is 5. The predicted molar refractivity (Wildman–Crippen MR) is 117 cm³/mol. The number of amides is 2. The van der Waals surface area contributed by atoms with Gasteiger partial charge in [-0.05, 0) is 43.2 Å². The third kappa shape index (κ3) is 4.39. The lowest BCUT2D eigenvalue weighted by Gasteiger charge is -2.38. The van der Waals surface area contributed by atoms with Crippen molar-refractivity contribution in [3.05, 3.63) is 54.2 Å². The fourth-order valence-electron chi connectivity index (χ4n) is 4.05. The number of piperidine rings is 1. The zero-order chi connectivity index (χ0) is 22.0. The van der Waals surface area contributed by atoms with Crippen LogP contribution in [0.15, 0.2) is 48.7 Å². The van der Waals surface area contributed by atoms with E-state index < -0.39 is 5.60 Å². The van der Waals surface area contributed by atoms with Gasteiger partial charge in [-0.15, -0.1) is 0 Å². The maximum Gasteiger partial charge on any atom is 0.257 e. The highest BCUT2D eigenvalue weighted by atomic mass is 16.5. The molecule has 162 valence electrons. The van der Waals surface area contributed by atoms with Gasteiger partial charge < -0.3 is 20.1 Å². The van der Waals surface area contributed by atoms with Crippen LogP contribution in [0.4, 0.5) is 5.69 Å². The van der Waals surface area contributed by atoms with Crippen LogP contribution in [0, 0.1) is 0 Å². The lowest BCUT2D eigenvalue weighted by Crippen LogP contribution is -2.48. The molecule has 2 amide bonds. The average Bonchev–Trinajstić information content (AvgIpc) is 3.14. The predicted octanol–water partition coefficient (Wildman–Crippen LogP) is 2.67. The summed E-state index contributed by atoms with van der Waals surface area (Å²) in [4.78, 5) is 25.9. The summed E-state index contributed by atoms with van der Waals surface area (Å²) in [6, 6.07) is 12.7. The molecule has 4 rings (SSSR count). The molecular weight excluding hydrogens is 396 g/mol. The van der Waals surface area contributed by atoms with Crippen molar-refractivity contribution in [1.82, 2.24) is 14.7 Å². The Bertz CT molecular complexity index is 1120. The van der Waals surface area contributed by atoms with Crippen molar-refractivity contribution in [1.29, 1.82) is 0 Å². The summed E-state index contributed by atoms with van der Waals surface area (Å²) >= 11 is 0. The fraction of sp³-hybridized carbons (Fsp3) is 0.348. The molecule has 8 nitrogen and oxygen atoms in total. The van der Waals surface area contributed by atoms with Crippen LogP contribution in [-0.2, 0) is 11.3 Å². The maximum absolute atomic E-state index is 12.9. The Kier molecular flexibility index (Phi) is 5.65. The largest absolute Gasteiger partial charge is 0.496 e. The maximum atomic E-state index is 12.9. The molecule has 2 aromatic carbocycles. The lowest BCUT2D eigenvalue weighted by molar-refractivity contribution is -0.114. The second-order valence-corrected chi connectivity index (χ2v) is 7.97. The molecule has 0 spiro atoms. The van der Waals surface area contributed by atoms with E-state index >= 15 is 0 Å². The third-order valence-electron chi connectivity index (χ3n) is 5.73. The number of fused-ring (bicyclic) bond motifs is 1. The molecule has 2 heterocycles. The number of aliphatic hydroxyl groups is 1. The first-order chi connectivity index (χ1) is 14.9. The van der Waals surface area contributed by atoms with Crippen molar-refractivity contribution < 1.29 is 19.4 Å². The van der Waals surface area contributed by atoms with E-state index in [-0.39, 0.29) is 11.8 Å². The molecule has 3 aromatic rings. The minimum absolute atomic E-state index is 0.0884. The van der Waals surface area contributed by atoms with Crippen molar-refractivity contribution in [3.63, 3.8) is 0 Å². The van der Waals surface area contributed by atoms with Crippen LogP contribution in [-0.4, -0.2) is 57.4 Å². The fourth-order valence-corrected chi connectivity index (χ4v) is 4.05. The first kappa shape index (κ1) is 20.9. The number of ether oxygens (including phenoxy) is 1. The van der Waals surface area contributed by atoms with E-state index in [9.17, 15) is 14.7 Å². The summed E-state index contributed by atoms with van der Waals surface area (Å²) in [7, 11) is 1.55. The number of hydrogen-bond donors (Lipinski definition) is 2. The number of carbonyl (C=O) groups is 2. The van der Waals surface area contributed by atoms with Crippen molar-refractivity contribution >= 4 is 28.4 Å². The van der Waals surface area contributed by atoms with E-state index in [1.165, 1.54) is 6.92 Å². The van der Waals surface area contributed by atoms with Gasteiger partial charge in [0.2, 0.25) is 5.91 Å². The van der Waals surface area contributed by atoms with E-state index in [0.29, 0.717) is 49.5 Å². The van der Waals surface area contributed by atoms with E-state index in [1.807, 2.05) is 30.3 Å². The van der Waals surface area contributed by atoms with Crippen LogP contribution < -0.4 is 10.1 Å². The minimum atomic E-state index is -0.952. The number of methoxy groups -OCH3 is 1. The number of likely N-dealkylation sites (tertiary alicyclic amines) is 1. The number of anilines is 1. The van der Waals surface area contributed by atoms with Crippen LogP contribution >= 0.6 is 0 Å². The minimum Gasteiger partial charge on any atom is -0.496 e. The average molecular weight is 422 g/mol. The first-order valence-corrected chi connectivity index (χ1v) is 10.3. The van der Waals surface area contributed by atoms with Crippen molar-refractivity contribution in [3.8, 4) is 5.75 Å². The van der Waals surface area contributed by atoms with Gasteiger partial charge in [0.25, 0.3) is 5.91 Å². The Morgan fingerprint density at radius 1 is 1.19 bits per heavy atom. The quantitative estimate of drug-likeness (QED) is 0.659. The molecule has 1 fully saturated rings. The van der Waals surface area contributed by atoms with E-state index in [2.05, 4.69) is 10.4 Å². The molecule has 0 aliphatic carbocycles. The second kappa shape index (κ2) is 8.39. The van der Waals surface area contributed by atoms with Gasteiger partial charge in [0.1, 0.15) is 5.75 Å². The van der Waals surface area contributed by atoms with Crippen molar-refractivity contribution in [2.24, 2.45) is 0 Å². The number of carbonyl (C=O) groups excluding carboxylic acids is 2. The number of hydrogen-bond acceptors (Lipinski definition) is 5. The molecule has 0 radical (unpaired) electrons. The van der Waals surface area contributed by atoms with E-state index in [1.54, 1.807) is 35.0 Å². The van der Waals surface area contributed by atoms with Crippen LogP contribution in [0.2, 0.25) is 0 Å². The Balaban J connectivity index is 1.44. The second-order valence-electron chi connectivity index (χ2n) is 7.97. The molecule has 0 atom stereocenters. The number of nitrogens with one attached hydrogen (secondary N) is 1. The highest BCUT2D eigenvalue weighted by Crippen LogP contribution is 2.29. The highest BCUT2D eigenvalue weighted by Gasteiger charge is 2.35. The third-order valence-corrected chi connectivity index (χ3v) is 5.73. The number of benzene rings is 2. The molecule has 8 heteroatoms. The summed E-state index contributed by atoms with van der Waals surface area (Å²) in [5, 5.41) is 19.2. The molecule has 1 aliphatic rings. The summed E-state index contributed by atoms with van der Waals surface area (Å²) < 4.78 is 7.09. The molecule has 0 saturated carbocycles. The lowest BCUT2D eigenvalue weighted by atomic mass is 9.91. The summed E-state index contributed by atoms with van der Waals surface area (Å²) in [5.74, 6) is 0.333. The van der Waals surface area contributed by atoms with Gasteiger partial charge in [0, 0.05) is 31.1 Å². The van der Waals surface area contributed by atoms with Gasteiger partial charge in [-0.3, -0.25) is 14.3 Å². The Hall–Kier alpha value is -3.39. The Morgan fingerprint density at radius 3 is 2.65 bits per heavy atom. The zero-order valence-electron chi connectivity index (χ0n) is 17.7. The van der Waals surface area contributed by atoms with Gasteiger partial charge in [-0.25, -0.2) is 0 Å². The summed E-state index contributed by atoms with van der Waals surface area (Å²) in [5.41, 5.74) is 1.17. The first-order valence-electron chi connectivity index (χ1n) is 10.3. The molecule has 1 aliphatic heterocycles. The zero-order valence-corrected chi connectivity index (χ0v) is 17.7. The molecule has 0 bridgehead atoms. The van der Waals surface area contributed by atoms with Crippen LogP contribution in [0.3, 0.4) is 0 Å². The smallest absolute Gasteiger partial charge is 0.257 e. The molecule has 2 N–H and O–H groups in total. The van der Waals surface area contributed by atoms with Gasteiger partial charge in [0.05, 0.1) is 36.5 Å². The van der Waals surface area contributed by atoms with Gasteiger partial charge in [-0.1, -0.05) is 12.1 Å². The monoisotopic (exact) mass is 422 g/mol. The summed E-state index contributed by atoms with van der Waals surface area (Å²) in [6.45, 7) is 2.72. The van der Waals surface area contributed by atoms with Gasteiger partial charge in [-0.2, -0.15) is 5.10 Å². The molecular formula is C23H26N4O4. The molecule has 0 unspecified atom stereocenters. The SMILES string of the molecule is COc1ccccc1C(=O)N1CCC(O)(Cn2ncc3cc(NC(C)=O)ccc32)CC1. The molecule has 1 saturated heterocycles. The Morgan fingerprint density at radius 2 is 1.94 bits per heavy atom. The molecule has 31 heavy (non-hydrogen) atoms.